The minimum absolute atomic E-state index is 0.130. The topological polar surface area (TPSA) is 92.8 Å². The fraction of sp³-hybridized carbons (Fsp3) is 0.238. The van der Waals surface area contributed by atoms with E-state index in [2.05, 4.69) is 4.72 Å². The van der Waals surface area contributed by atoms with Crippen LogP contribution in [-0.2, 0) is 26.5 Å². The minimum Gasteiger partial charge on any atom is -0.496 e. The van der Waals surface area contributed by atoms with Crippen molar-refractivity contribution in [1.82, 2.24) is 0 Å². The van der Waals surface area contributed by atoms with E-state index in [4.69, 9.17) is 4.74 Å². The van der Waals surface area contributed by atoms with Gasteiger partial charge in [0.1, 0.15) is 9.96 Å². The normalized spacial score (nSPS) is 14.2. The van der Waals surface area contributed by atoms with E-state index in [9.17, 15) is 16.8 Å². The van der Waals surface area contributed by atoms with Crippen molar-refractivity contribution in [3.63, 3.8) is 0 Å². The van der Waals surface area contributed by atoms with Gasteiger partial charge in [-0.05, 0) is 78.7 Å². The van der Waals surface area contributed by atoms with Gasteiger partial charge in [0.15, 0.2) is 0 Å². The number of aryl methyl sites for hydroxylation is 2. The summed E-state index contributed by atoms with van der Waals surface area (Å²) in [6.07, 6.45) is 1.33. The zero-order valence-electron chi connectivity index (χ0n) is 17.0. The van der Waals surface area contributed by atoms with E-state index >= 15 is 0 Å². The second-order valence-electron chi connectivity index (χ2n) is 7.19. The fourth-order valence-electron chi connectivity index (χ4n) is 3.63. The number of hydrogen-bond donors (Lipinski definition) is 1. The Morgan fingerprint density at radius 1 is 1.06 bits per heavy atom. The fourth-order valence-corrected chi connectivity index (χ4v) is 7.41. The molecule has 1 N–H and O–H groups in total. The molecular weight excluding hydrogens is 456 g/mol. The summed E-state index contributed by atoms with van der Waals surface area (Å²) >= 11 is 1.18. The van der Waals surface area contributed by atoms with E-state index in [0.717, 1.165) is 5.56 Å². The van der Waals surface area contributed by atoms with Gasteiger partial charge in [0.25, 0.3) is 20.0 Å². The van der Waals surface area contributed by atoms with Crippen LogP contribution in [-0.4, -0.2) is 30.5 Å². The zero-order valence-corrected chi connectivity index (χ0v) is 19.5. The van der Waals surface area contributed by atoms with E-state index < -0.39 is 20.0 Å². The van der Waals surface area contributed by atoms with Gasteiger partial charge in [-0.3, -0.25) is 9.03 Å². The number of fused-ring (bicyclic) bond motifs is 1. The van der Waals surface area contributed by atoms with Gasteiger partial charge < -0.3 is 4.74 Å². The summed E-state index contributed by atoms with van der Waals surface area (Å²) < 4.78 is 61.2. The van der Waals surface area contributed by atoms with E-state index in [1.165, 1.54) is 28.8 Å². The number of hydrogen-bond acceptors (Lipinski definition) is 6. The summed E-state index contributed by atoms with van der Waals surface area (Å²) in [5.74, 6) is 0.611. The van der Waals surface area contributed by atoms with E-state index in [1.54, 1.807) is 54.8 Å². The van der Waals surface area contributed by atoms with E-state index in [1.807, 2.05) is 0 Å². The van der Waals surface area contributed by atoms with Crippen LogP contribution in [0.1, 0.15) is 17.5 Å². The Bertz CT molecular complexity index is 1320. The predicted molar refractivity (Wildman–Crippen MR) is 122 cm³/mol. The maximum Gasteiger partial charge on any atom is 0.273 e. The van der Waals surface area contributed by atoms with Gasteiger partial charge in [-0.15, -0.1) is 11.3 Å². The summed E-state index contributed by atoms with van der Waals surface area (Å²) in [6, 6.07) is 12.9. The highest BCUT2D eigenvalue weighted by atomic mass is 32.2. The first kappa shape index (κ1) is 21.7. The zero-order chi connectivity index (χ0) is 22.2. The lowest BCUT2D eigenvalue weighted by Gasteiger charge is -2.30. The van der Waals surface area contributed by atoms with Gasteiger partial charge in [-0.1, -0.05) is 6.07 Å². The molecule has 164 valence electrons. The van der Waals surface area contributed by atoms with E-state index in [-0.39, 0.29) is 4.90 Å². The minimum atomic E-state index is -3.80. The Hall–Kier alpha value is -2.56. The van der Waals surface area contributed by atoms with Crippen LogP contribution in [0.25, 0.3) is 0 Å². The largest absolute Gasteiger partial charge is 0.496 e. The standard InChI is InChI=1S/C21H22N2O5S3/c1-15-13-18(8-10-20(15)28-2)30(24,25)22-17-7-9-19-16(14-17)5-3-11-23(19)31(26,27)21-6-4-12-29-21/h4,6-10,12-14,22H,3,5,11H2,1-2H3. The van der Waals surface area contributed by atoms with Crippen LogP contribution in [0.15, 0.2) is 63.0 Å². The molecule has 0 atom stereocenters. The summed E-state index contributed by atoms with van der Waals surface area (Å²) in [5, 5.41) is 1.73. The number of methoxy groups -OCH3 is 1. The number of nitrogens with zero attached hydrogens (tertiary/aromatic N) is 1. The molecule has 0 spiro atoms. The van der Waals surface area contributed by atoms with Crippen LogP contribution < -0.4 is 13.8 Å². The number of sulfonamides is 2. The second-order valence-corrected chi connectivity index (χ2v) is 11.9. The Morgan fingerprint density at radius 3 is 2.55 bits per heavy atom. The van der Waals surface area contributed by atoms with Gasteiger partial charge in [0.05, 0.1) is 17.7 Å². The summed E-state index contributed by atoms with van der Waals surface area (Å²) in [4.78, 5) is 0.130. The van der Waals surface area contributed by atoms with Gasteiger partial charge in [-0.25, -0.2) is 16.8 Å². The molecule has 0 fully saturated rings. The van der Waals surface area contributed by atoms with Crippen molar-refractivity contribution in [2.45, 2.75) is 28.9 Å². The van der Waals surface area contributed by atoms with E-state index in [0.29, 0.717) is 46.3 Å². The Balaban J connectivity index is 1.63. The molecule has 3 aromatic rings. The van der Waals surface area contributed by atoms with Gasteiger partial charge in [0.2, 0.25) is 0 Å². The summed E-state index contributed by atoms with van der Waals surface area (Å²) in [5.41, 5.74) is 2.48. The lowest BCUT2D eigenvalue weighted by atomic mass is 10.0. The molecule has 1 aromatic heterocycles. The number of nitrogens with one attached hydrogen (secondary N) is 1. The molecule has 7 nitrogen and oxygen atoms in total. The first-order chi connectivity index (χ1) is 14.7. The maximum atomic E-state index is 13.0. The average molecular weight is 479 g/mol. The molecule has 0 unspecified atom stereocenters. The van der Waals surface area contributed by atoms with Crippen LogP contribution in [0, 0.1) is 6.92 Å². The molecule has 1 aliphatic rings. The molecule has 31 heavy (non-hydrogen) atoms. The van der Waals surface area contributed by atoms with Gasteiger partial charge >= 0.3 is 0 Å². The number of benzene rings is 2. The smallest absolute Gasteiger partial charge is 0.273 e. The Morgan fingerprint density at radius 2 is 1.87 bits per heavy atom. The second kappa shape index (κ2) is 8.18. The maximum absolute atomic E-state index is 13.0. The van der Waals surface area contributed by atoms with Crippen LogP contribution >= 0.6 is 11.3 Å². The van der Waals surface area contributed by atoms with Crippen molar-refractivity contribution in [1.29, 1.82) is 0 Å². The highest BCUT2D eigenvalue weighted by molar-refractivity contribution is 7.94. The molecule has 10 heteroatoms. The van der Waals surface area contributed by atoms with Crippen LogP contribution in [0.4, 0.5) is 11.4 Å². The van der Waals surface area contributed by atoms with Crippen molar-refractivity contribution < 1.29 is 21.6 Å². The van der Waals surface area contributed by atoms with Crippen molar-refractivity contribution in [3.8, 4) is 5.75 Å². The first-order valence-corrected chi connectivity index (χ1v) is 13.4. The van der Waals surface area contributed by atoms with Crippen molar-refractivity contribution in [3.05, 3.63) is 65.0 Å². The average Bonchev–Trinajstić information content (AvgIpc) is 3.28. The third kappa shape index (κ3) is 4.15. The third-order valence-corrected chi connectivity index (χ3v) is 9.69. The molecule has 0 aliphatic carbocycles. The van der Waals surface area contributed by atoms with Crippen LogP contribution in [0.5, 0.6) is 5.75 Å². The predicted octanol–water partition coefficient (Wildman–Crippen LogP) is 4.01. The molecule has 0 saturated heterocycles. The SMILES string of the molecule is COc1ccc(S(=O)(=O)Nc2ccc3c(c2)CCCN3S(=O)(=O)c2cccs2)cc1C. The summed E-state index contributed by atoms with van der Waals surface area (Å²) in [7, 11) is -5.90. The monoisotopic (exact) mass is 478 g/mol. The molecule has 0 saturated carbocycles. The molecule has 0 amide bonds. The third-order valence-electron chi connectivity index (χ3n) is 5.12. The molecule has 0 bridgehead atoms. The van der Waals surface area contributed by atoms with Crippen molar-refractivity contribution in [2.24, 2.45) is 0 Å². The van der Waals surface area contributed by atoms with Crippen LogP contribution in [0.2, 0.25) is 0 Å². The quantitative estimate of drug-likeness (QED) is 0.578. The molecule has 4 rings (SSSR count). The summed E-state index contributed by atoms with van der Waals surface area (Å²) in [6.45, 7) is 2.17. The van der Waals surface area contributed by atoms with Crippen molar-refractivity contribution in [2.75, 3.05) is 22.7 Å². The molecule has 2 aromatic carbocycles. The lowest BCUT2D eigenvalue weighted by molar-refractivity contribution is 0.411. The van der Waals surface area contributed by atoms with Crippen molar-refractivity contribution >= 4 is 42.8 Å². The Kier molecular flexibility index (Phi) is 5.71. The lowest BCUT2D eigenvalue weighted by Crippen LogP contribution is -2.35. The molecule has 0 radical (unpaired) electrons. The molecule has 2 heterocycles. The highest BCUT2D eigenvalue weighted by Gasteiger charge is 2.30. The number of ether oxygens (including phenoxy) is 1. The van der Waals surface area contributed by atoms with Gasteiger partial charge in [0, 0.05) is 12.2 Å². The molecule has 1 aliphatic heterocycles. The van der Waals surface area contributed by atoms with Crippen LogP contribution in [0.3, 0.4) is 0 Å². The number of anilines is 2. The Labute approximate surface area is 186 Å². The molecular formula is C21H22N2O5S3. The number of thiophene rings is 1. The number of rotatable bonds is 6. The first-order valence-electron chi connectivity index (χ1n) is 9.59. The highest BCUT2D eigenvalue weighted by Crippen LogP contribution is 2.35. The van der Waals surface area contributed by atoms with Gasteiger partial charge in [-0.2, -0.15) is 0 Å².